The van der Waals surface area contributed by atoms with Gasteiger partial charge in [0.2, 0.25) is 5.13 Å². The molecule has 1 aliphatic heterocycles. The third kappa shape index (κ3) is 4.10. The van der Waals surface area contributed by atoms with E-state index >= 15 is 0 Å². The van der Waals surface area contributed by atoms with E-state index in [1.165, 1.54) is 0 Å². The van der Waals surface area contributed by atoms with E-state index in [-0.39, 0.29) is 22.8 Å². The van der Waals surface area contributed by atoms with Gasteiger partial charge in [-0.2, -0.15) is 0 Å². The van der Waals surface area contributed by atoms with Gasteiger partial charge in [0, 0.05) is 29.7 Å². The molecule has 162 valence electrons. The molecule has 0 spiro atoms. The zero-order valence-electron chi connectivity index (χ0n) is 18.8. The van der Waals surface area contributed by atoms with Crippen LogP contribution in [0.15, 0.2) is 18.2 Å². The molecule has 2 heterocycles. The highest BCUT2D eigenvalue weighted by Crippen LogP contribution is 2.39. The summed E-state index contributed by atoms with van der Waals surface area (Å²) in [6, 6.07) is 6.10. The van der Waals surface area contributed by atoms with Gasteiger partial charge >= 0.3 is 0 Å². The quantitative estimate of drug-likeness (QED) is 0.787. The normalized spacial score (nSPS) is 23.1. The maximum atomic E-state index is 13.1. The average molecular weight is 429 g/mol. The van der Waals surface area contributed by atoms with Crippen LogP contribution in [0.5, 0.6) is 5.75 Å². The van der Waals surface area contributed by atoms with Crippen molar-refractivity contribution in [3.63, 3.8) is 0 Å². The second kappa shape index (κ2) is 7.61. The number of carbonyl (C=O) groups excluding carboxylic acids is 1. The smallest absolute Gasteiger partial charge is 0.208 e. The van der Waals surface area contributed by atoms with Gasteiger partial charge < -0.3 is 15.0 Å². The van der Waals surface area contributed by atoms with Crippen LogP contribution in [0, 0.1) is 0 Å². The summed E-state index contributed by atoms with van der Waals surface area (Å²) < 4.78 is 5.30. The first-order chi connectivity index (χ1) is 14.1. The van der Waals surface area contributed by atoms with Crippen LogP contribution in [0.1, 0.15) is 73.8 Å². The Labute approximate surface area is 183 Å². The maximum absolute atomic E-state index is 13.1. The van der Waals surface area contributed by atoms with Gasteiger partial charge in [-0.3, -0.25) is 4.79 Å². The molecule has 1 aromatic heterocycles. The Hall–Kier alpha value is -1.99. The van der Waals surface area contributed by atoms with Gasteiger partial charge in [-0.25, -0.2) is 0 Å². The number of fused-ring (bicyclic) bond motifs is 1. The molecule has 0 radical (unpaired) electrons. The molecule has 6 nitrogen and oxygen atoms in total. The molecule has 0 amide bonds. The topological polar surface area (TPSA) is 67.4 Å². The van der Waals surface area contributed by atoms with Crippen LogP contribution in [-0.2, 0) is 6.42 Å². The first kappa shape index (κ1) is 21.2. The number of ketones is 1. The summed E-state index contributed by atoms with van der Waals surface area (Å²) >= 11 is 1.57. The fraction of sp³-hybridized carbons (Fsp3) is 0.609. The minimum absolute atomic E-state index is 0.0678. The van der Waals surface area contributed by atoms with Gasteiger partial charge in [0.15, 0.2) is 5.78 Å². The van der Waals surface area contributed by atoms with Crippen molar-refractivity contribution in [1.29, 1.82) is 0 Å². The summed E-state index contributed by atoms with van der Waals surface area (Å²) in [6.45, 7) is 9.03. The molecule has 2 aromatic rings. The van der Waals surface area contributed by atoms with E-state index in [1.54, 1.807) is 18.4 Å². The minimum Gasteiger partial charge on any atom is -0.497 e. The standard InChI is InChI=1S/C23H32N4O2S/c1-22(2)12-15(13-23(3,4)26-22)27(5)21-25-24-20(30-21)18-9-7-14-11-16(29-6)8-10-17(14)19(18)28/h8,10-11,15,18,26H,7,9,12-13H2,1-6H3. The monoisotopic (exact) mass is 428 g/mol. The van der Waals surface area contributed by atoms with Crippen molar-refractivity contribution in [1.82, 2.24) is 15.5 Å². The van der Waals surface area contributed by atoms with E-state index in [0.717, 1.165) is 52.7 Å². The average Bonchev–Trinajstić information content (AvgIpc) is 3.14. The summed E-state index contributed by atoms with van der Waals surface area (Å²) in [5.41, 5.74) is 1.99. The molecule has 30 heavy (non-hydrogen) atoms. The SMILES string of the molecule is COc1ccc2c(c1)CCC(c1nnc(N(C)C3CC(C)(C)NC(C)(C)C3)s1)C2=O. The number of hydrogen-bond donors (Lipinski definition) is 1. The van der Waals surface area contributed by atoms with Crippen LogP contribution in [-0.4, -0.2) is 47.3 Å². The van der Waals surface area contributed by atoms with Crippen LogP contribution in [0.2, 0.25) is 0 Å². The number of ether oxygens (including phenoxy) is 1. The third-order valence-electron chi connectivity index (χ3n) is 6.34. The number of methoxy groups -OCH3 is 1. The first-order valence-corrected chi connectivity index (χ1v) is 11.5. The molecule has 1 unspecified atom stereocenters. The first-order valence-electron chi connectivity index (χ1n) is 10.7. The van der Waals surface area contributed by atoms with Crippen LogP contribution in [0.4, 0.5) is 5.13 Å². The number of benzene rings is 1. The van der Waals surface area contributed by atoms with Gasteiger partial charge in [-0.05, 0) is 77.1 Å². The number of hydrogen-bond acceptors (Lipinski definition) is 7. The number of piperidine rings is 1. The summed E-state index contributed by atoms with van der Waals surface area (Å²) in [6.07, 6.45) is 3.70. The molecule has 1 fully saturated rings. The Kier molecular flexibility index (Phi) is 5.39. The van der Waals surface area contributed by atoms with E-state index in [0.29, 0.717) is 6.04 Å². The maximum Gasteiger partial charge on any atom is 0.208 e. The number of Topliss-reactive ketones (excluding diaryl/α,β-unsaturated/α-hetero) is 1. The molecule has 1 saturated heterocycles. The molecule has 1 N–H and O–H groups in total. The lowest BCUT2D eigenvalue weighted by atomic mass is 9.79. The van der Waals surface area contributed by atoms with Gasteiger partial charge in [0.1, 0.15) is 10.8 Å². The lowest BCUT2D eigenvalue weighted by molar-refractivity contribution is 0.0945. The molecule has 0 bridgehead atoms. The molecular formula is C23H32N4O2S. The molecule has 4 rings (SSSR count). The predicted molar refractivity (Wildman–Crippen MR) is 121 cm³/mol. The number of nitrogens with zero attached hydrogens (tertiary/aromatic N) is 3. The molecule has 1 atom stereocenters. The number of carbonyl (C=O) groups is 1. The lowest BCUT2D eigenvalue weighted by Gasteiger charge is -2.48. The molecule has 0 saturated carbocycles. The molecule has 7 heteroatoms. The van der Waals surface area contributed by atoms with Crippen molar-refractivity contribution in [3.05, 3.63) is 34.3 Å². The Morgan fingerprint density at radius 1 is 1.17 bits per heavy atom. The molecule has 1 aliphatic carbocycles. The summed E-state index contributed by atoms with van der Waals surface area (Å²) in [5, 5.41) is 14.4. The van der Waals surface area contributed by atoms with E-state index in [2.05, 4.69) is 55.2 Å². The zero-order valence-corrected chi connectivity index (χ0v) is 19.6. The van der Waals surface area contributed by atoms with Crippen LogP contribution in [0.25, 0.3) is 0 Å². The van der Waals surface area contributed by atoms with E-state index < -0.39 is 0 Å². The van der Waals surface area contributed by atoms with Crippen molar-refractivity contribution in [2.45, 2.75) is 76.4 Å². The highest BCUT2D eigenvalue weighted by atomic mass is 32.1. The lowest BCUT2D eigenvalue weighted by Crippen LogP contribution is -2.61. The number of nitrogens with one attached hydrogen (secondary N) is 1. The third-order valence-corrected chi connectivity index (χ3v) is 7.47. The second-order valence-electron chi connectivity index (χ2n) is 9.97. The van der Waals surface area contributed by atoms with Crippen LogP contribution >= 0.6 is 11.3 Å². The van der Waals surface area contributed by atoms with Gasteiger partial charge in [0.25, 0.3) is 0 Å². The number of rotatable bonds is 4. The second-order valence-corrected chi connectivity index (χ2v) is 11.0. The van der Waals surface area contributed by atoms with Crippen LogP contribution < -0.4 is 15.0 Å². The van der Waals surface area contributed by atoms with E-state index in [9.17, 15) is 4.79 Å². The van der Waals surface area contributed by atoms with Gasteiger partial charge in [-0.15, -0.1) is 10.2 Å². The molecular weight excluding hydrogens is 396 g/mol. The predicted octanol–water partition coefficient (Wildman–Crippen LogP) is 4.20. The van der Waals surface area contributed by atoms with E-state index in [1.807, 2.05) is 18.2 Å². The summed E-state index contributed by atoms with van der Waals surface area (Å²) in [7, 11) is 3.76. The fourth-order valence-corrected chi connectivity index (χ4v) is 6.22. The number of aromatic nitrogens is 2. The van der Waals surface area contributed by atoms with Gasteiger partial charge in [-0.1, -0.05) is 11.3 Å². The fourth-order valence-electron chi connectivity index (χ4n) is 5.21. The number of anilines is 1. The summed E-state index contributed by atoms with van der Waals surface area (Å²) in [5.74, 6) is 0.743. The van der Waals surface area contributed by atoms with E-state index in [4.69, 9.17) is 4.74 Å². The molecule has 1 aromatic carbocycles. The van der Waals surface area contributed by atoms with Crippen molar-refractivity contribution in [2.75, 3.05) is 19.1 Å². The Morgan fingerprint density at radius 3 is 2.53 bits per heavy atom. The summed E-state index contributed by atoms with van der Waals surface area (Å²) in [4.78, 5) is 15.4. The Morgan fingerprint density at radius 2 is 1.87 bits per heavy atom. The minimum atomic E-state index is -0.202. The highest BCUT2D eigenvalue weighted by molar-refractivity contribution is 7.15. The zero-order chi connectivity index (χ0) is 21.7. The number of aryl methyl sites for hydroxylation is 1. The largest absolute Gasteiger partial charge is 0.497 e. The van der Waals surface area contributed by atoms with Gasteiger partial charge in [0.05, 0.1) is 13.0 Å². The van der Waals surface area contributed by atoms with Crippen molar-refractivity contribution in [2.24, 2.45) is 0 Å². The van der Waals surface area contributed by atoms with Crippen LogP contribution in [0.3, 0.4) is 0 Å². The Bertz CT molecular complexity index is 936. The Balaban J connectivity index is 1.53. The molecule has 2 aliphatic rings. The van der Waals surface area contributed by atoms with Crippen molar-refractivity contribution < 1.29 is 9.53 Å². The van der Waals surface area contributed by atoms with Crippen molar-refractivity contribution >= 4 is 22.3 Å². The highest BCUT2D eigenvalue weighted by Gasteiger charge is 2.40. The van der Waals surface area contributed by atoms with Crippen molar-refractivity contribution in [3.8, 4) is 5.75 Å².